The summed E-state index contributed by atoms with van der Waals surface area (Å²) in [7, 11) is 0. The van der Waals surface area contributed by atoms with Gasteiger partial charge >= 0.3 is 0 Å². The zero-order valence-electron chi connectivity index (χ0n) is 10.8. The molecule has 1 saturated carbocycles. The lowest BCUT2D eigenvalue weighted by atomic mass is 9.79. The van der Waals surface area contributed by atoms with Gasteiger partial charge in [-0.3, -0.25) is 0 Å². The van der Waals surface area contributed by atoms with Gasteiger partial charge in [0, 0.05) is 19.8 Å². The van der Waals surface area contributed by atoms with Gasteiger partial charge in [0.2, 0.25) is 0 Å². The molecule has 0 heterocycles. The van der Waals surface area contributed by atoms with Gasteiger partial charge in [0.1, 0.15) is 0 Å². The molecule has 1 fully saturated rings. The van der Waals surface area contributed by atoms with Gasteiger partial charge in [-0.05, 0) is 51.5 Å². The number of aliphatic hydroxyl groups is 1. The van der Waals surface area contributed by atoms with Crippen LogP contribution in [0.25, 0.3) is 0 Å². The normalized spacial score (nSPS) is 30.6. The van der Waals surface area contributed by atoms with Crippen molar-refractivity contribution in [2.75, 3.05) is 26.3 Å². The molecule has 0 aromatic heterocycles. The molecule has 0 aliphatic heterocycles. The monoisotopic (exact) mass is 229 g/mol. The average molecular weight is 229 g/mol. The van der Waals surface area contributed by atoms with Crippen molar-refractivity contribution >= 4 is 0 Å². The van der Waals surface area contributed by atoms with Crippen molar-refractivity contribution in [1.82, 2.24) is 5.32 Å². The molecular formula is C13H27NO2. The summed E-state index contributed by atoms with van der Waals surface area (Å²) in [6, 6.07) is 0. The molecule has 0 spiro atoms. The minimum Gasteiger partial charge on any atom is -0.389 e. The number of hydrogen-bond donors (Lipinski definition) is 2. The first kappa shape index (κ1) is 13.9. The first-order valence-electron chi connectivity index (χ1n) is 6.67. The molecule has 0 aromatic rings. The van der Waals surface area contributed by atoms with E-state index >= 15 is 0 Å². The minimum atomic E-state index is -0.446. The van der Waals surface area contributed by atoms with Crippen LogP contribution in [0.15, 0.2) is 0 Å². The Labute approximate surface area is 99.6 Å². The molecule has 1 aliphatic carbocycles. The van der Waals surface area contributed by atoms with Gasteiger partial charge in [0.15, 0.2) is 0 Å². The zero-order valence-corrected chi connectivity index (χ0v) is 10.8. The lowest BCUT2D eigenvalue weighted by Gasteiger charge is -2.35. The van der Waals surface area contributed by atoms with Crippen LogP contribution in [0.3, 0.4) is 0 Å². The Bertz CT molecular complexity index is 177. The highest BCUT2D eigenvalue weighted by Crippen LogP contribution is 2.31. The smallest absolute Gasteiger partial charge is 0.0771 e. The van der Waals surface area contributed by atoms with E-state index in [2.05, 4.69) is 12.2 Å². The summed E-state index contributed by atoms with van der Waals surface area (Å²) in [5.41, 5.74) is -0.446. The van der Waals surface area contributed by atoms with Crippen molar-refractivity contribution in [3.05, 3.63) is 0 Å². The van der Waals surface area contributed by atoms with Crippen molar-refractivity contribution in [3.8, 4) is 0 Å². The molecule has 3 nitrogen and oxygen atoms in total. The third-order valence-corrected chi connectivity index (χ3v) is 3.51. The van der Waals surface area contributed by atoms with E-state index in [9.17, 15) is 5.11 Å². The maximum absolute atomic E-state index is 10.3. The highest BCUT2D eigenvalue weighted by molar-refractivity contribution is 4.86. The van der Waals surface area contributed by atoms with E-state index < -0.39 is 5.60 Å². The molecule has 0 atom stereocenters. The third-order valence-electron chi connectivity index (χ3n) is 3.51. The SMILES string of the molecule is CCOCCCNCC1(O)CCC(C)CC1. The molecule has 0 saturated heterocycles. The lowest BCUT2D eigenvalue weighted by molar-refractivity contribution is -0.00630. The molecule has 1 aliphatic rings. The predicted molar refractivity (Wildman–Crippen MR) is 66.6 cm³/mol. The second-order valence-electron chi connectivity index (χ2n) is 5.13. The Morgan fingerprint density at radius 3 is 2.69 bits per heavy atom. The first-order valence-corrected chi connectivity index (χ1v) is 6.67. The van der Waals surface area contributed by atoms with Crippen LogP contribution in [-0.4, -0.2) is 37.0 Å². The summed E-state index contributed by atoms with van der Waals surface area (Å²) in [4.78, 5) is 0. The molecule has 0 radical (unpaired) electrons. The van der Waals surface area contributed by atoms with E-state index in [4.69, 9.17) is 4.74 Å². The van der Waals surface area contributed by atoms with Crippen LogP contribution in [0, 0.1) is 5.92 Å². The second kappa shape index (κ2) is 7.25. The van der Waals surface area contributed by atoms with Crippen molar-refractivity contribution in [1.29, 1.82) is 0 Å². The first-order chi connectivity index (χ1) is 7.66. The second-order valence-corrected chi connectivity index (χ2v) is 5.13. The standard InChI is InChI=1S/C13H27NO2/c1-3-16-10-4-9-14-11-13(15)7-5-12(2)6-8-13/h12,14-15H,3-11H2,1-2H3. The Hall–Kier alpha value is -0.120. The number of ether oxygens (including phenoxy) is 1. The van der Waals surface area contributed by atoms with Gasteiger partial charge in [-0.1, -0.05) is 6.92 Å². The summed E-state index contributed by atoms with van der Waals surface area (Å²) in [5, 5.41) is 13.6. The van der Waals surface area contributed by atoms with E-state index in [-0.39, 0.29) is 0 Å². The van der Waals surface area contributed by atoms with Gasteiger partial charge in [-0.25, -0.2) is 0 Å². The third kappa shape index (κ3) is 5.28. The zero-order chi connectivity index (χ0) is 11.9. The summed E-state index contributed by atoms with van der Waals surface area (Å²) >= 11 is 0. The quantitative estimate of drug-likeness (QED) is 0.656. The van der Waals surface area contributed by atoms with Crippen LogP contribution in [0.2, 0.25) is 0 Å². The van der Waals surface area contributed by atoms with Gasteiger partial charge < -0.3 is 15.2 Å². The maximum Gasteiger partial charge on any atom is 0.0771 e. The Morgan fingerprint density at radius 1 is 1.38 bits per heavy atom. The van der Waals surface area contributed by atoms with Crippen LogP contribution >= 0.6 is 0 Å². The van der Waals surface area contributed by atoms with Crippen molar-refractivity contribution in [2.45, 2.75) is 51.6 Å². The van der Waals surface area contributed by atoms with Crippen LogP contribution in [0.4, 0.5) is 0 Å². The van der Waals surface area contributed by atoms with Crippen LogP contribution in [-0.2, 0) is 4.74 Å². The summed E-state index contributed by atoms with van der Waals surface area (Å²) in [6.45, 7) is 7.58. The Balaban J connectivity index is 2.03. The van der Waals surface area contributed by atoms with Gasteiger partial charge in [0.05, 0.1) is 5.60 Å². The van der Waals surface area contributed by atoms with Crippen molar-refractivity contribution in [2.24, 2.45) is 5.92 Å². The lowest BCUT2D eigenvalue weighted by Crippen LogP contribution is -2.43. The van der Waals surface area contributed by atoms with Gasteiger partial charge in [0.25, 0.3) is 0 Å². The molecule has 1 rings (SSSR count). The molecule has 0 aromatic carbocycles. The van der Waals surface area contributed by atoms with E-state index in [0.29, 0.717) is 0 Å². The van der Waals surface area contributed by atoms with Gasteiger partial charge in [-0.15, -0.1) is 0 Å². The van der Waals surface area contributed by atoms with E-state index in [1.54, 1.807) is 0 Å². The molecule has 96 valence electrons. The average Bonchev–Trinajstić information content (AvgIpc) is 2.28. The molecule has 16 heavy (non-hydrogen) atoms. The highest BCUT2D eigenvalue weighted by atomic mass is 16.5. The fourth-order valence-electron chi connectivity index (χ4n) is 2.24. The largest absolute Gasteiger partial charge is 0.389 e. The molecular weight excluding hydrogens is 202 g/mol. The highest BCUT2D eigenvalue weighted by Gasteiger charge is 2.30. The Morgan fingerprint density at radius 2 is 2.06 bits per heavy atom. The maximum atomic E-state index is 10.3. The summed E-state index contributed by atoms with van der Waals surface area (Å²) in [6.07, 6.45) is 5.26. The number of hydrogen-bond acceptors (Lipinski definition) is 3. The molecule has 3 heteroatoms. The summed E-state index contributed by atoms with van der Waals surface area (Å²) in [5.74, 6) is 0.790. The van der Waals surface area contributed by atoms with Crippen LogP contribution < -0.4 is 5.32 Å². The van der Waals surface area contributed by atoms with Crippen molar-refractivity contribution in [3.63, 3.8) is 0 Å². The predicted octanol–water partition coefficient (Wildman–Crippen LogP) is 1.94. The van der Waals surface area contributed by atoms with E-state index in [0.717, 1.165) is 64.3 Å². The summed E-state index contributed by atoms with van der Waals surface area (Å²) < 4.78 is 5.26. The van der Waals surface area contributed by atoms with Crippen LogP contribution in [0.5, 0.6) is 0 Å². The Kier molecular flexibility index (Phi) is 6.32. The van der Waals surface area contributed by atoms with Crippen LogP contribution in [0.1, 0.15) is 46.0 Å². The fourth-order valence-corrected chi connectivity index (χ4v) is 2.24. The minimum absolute atomic E-state index is 0.446. The number of nitrogens with one attached hydrogen (secondary N) is 1. The molecule has 0 bridgehead atoms. The van der Waals surface area contributed by atoms with Crippen molar-refractivity contribution < 1.29 is 9.84 Å². The molecule has 0 amide bonds. The molecule has 0 unspecified atom stereocenters. The van der Waals surface area contributed by atoms with E-state index in [1.165, 1.54) is 0 Å². The number of rotatable bonds is 7. The molecule has 2 N–H and O–H groups in total. The van der Waals surface area contributed by atoms with E-state index in [1.807, 2.05) is 6.92 Å². The van der Waals surface area contributed by atoms with Gasteiger partial charge in [-0.2, -0.15) is 0 Å². The topological polar surface area (TPSA) is 41.5 Å². The fraction of sp³-hybridized carbons (Fsp3) is 1.00.